The molecule has 2 aromatic heterocycles. The van der Waals surface area contributed by atoms with Crippen molar-refractivity contribution in [2.45, 2.75) is 12.8 Å². The van der Waals surface area contributed by atoms with Crippen LogP contribution in [0, 0.1) is 0 Å². The zero-order valence-electron chi connectivity index (χ0n) is 19.5. The van der Waals surface area contributed by atoms with Crippen molar-refractivity contribution in [3.05, 3.63) is 59.9 Å². The number of aromatic nitrogens is 2. The van der Waals surface area contributed by atoms with Gasteiger partial charge in [0.1, 0.15) is 11.5 Å². The topological polar surface area (TPSA) is 93.8 Å². The molecule has 0 radical (unpaired) electrons. The maximum Gasteiger partial charge on any atom is 0.584 e. The summed E-state index contributed by atoms with van der Waals surface area (Å²) in [4.78, 5) is 21.3. The maximum absolute atomic E-state index is 13.1. The summed E-state index contributed by atoms with van der Waals surface area (Å²) >= 11 is 0. The Morgan fingerprint density at radius 2 is 1.21 bits per heavy atom. The molecular weight excluding hydrogens is 439 g/mol. The summed E-state index contributed by atoms with van der Waals surface area (Å²) < 4.78 is 24.4. The lowest BCUT2D eigenvalue weighted by atomic mass is 10.1. The fourth-order valence-electron chi connectivity index (χ4n) is 3.94. The molecule has 0 saturated heterocycles. The van der Waals surface area contributed by atoms with Gasteiger partial charge in [-0.05, 0) is 76.4 Å². The molecule has 0 amide bonds. The number of phosphoric acid groups is 1. The molecule has 0 spiro atoms. The van der Waals surface area contributed by atoms with Gasteiger partial charge in [-0.2, -0.15) is 0 Å². The Bertz CT molecular complexity index is 1200. The van der Waals surface area contributed by atoms with Crippen LogP contribution < -0.4 is 9.05 Å². The van der Waals surface area contributed by atoms with E-state index in [2.05, 4.69) is 19.8 Å². The number of likely N-dealkylation sites (N-methyl/N-ethyl adjacent to an activating group) is 2. The maximum atomic E-state index is 13.1. The van der Waals surface area contributed by atoms with E-state index in [1.165, 1.54) is 0 Å². The van der Waals surface area contributed by atoms with Gasteiger partial charge in [0, 0.05) is 47.3 Å². The molecule has 0 bridgehead atoms. The van der Waals surface area contributed by atoms with Crippen LogP contribution in [0.2, 0.25) is 0 Å². The lowest BCUT2D eigenvalue weighted by molar-refractivity contribution is 0.293. The third-order valence-electron chi connectivity index (χ3n) is 5.58. The molecular formula is C24H31N4O4P. The minimum Gasteiger partial charge on any atom is -0.394 e. The zero-order chi connectivity index (χ0) is 23.6. The van der Waals surface area contributed by atoms with Crippen LogP contribution in [0.4, 0.5) is 0 Å². The average Bonchev–Trinajstić information content (AvgIpc) is 3.35. The van der Waals surface area contributed by atoms with Gasteiger partial charge in [0.2, 0.25) is 0 Å². The first kappa shape index (κ1) is 23.4. The van der Waals surface area contributed by atoms with Crippen LogP contribution in [-0.2, 0) is 17.4 Å². The van der Waals surface area contributed by atoms with E-state index in [1.54, 1.807) is 24.3 Å². The summed E-state index contributed by atoms with van der Waals surface area (Å²) in [6, 6.07) is 10.8. The van der Waals surface area contributed by atoms with E-state index in [0.29, 0.717) is 11.5 Å². The number of phosphoric ester groups is 1. The van der Waals surface area contributed by atoms with Gasteiger partial charge in [-0.25, -0.2) is 4.57 Å². The second-order valence-electron chi connectivity index (χ2n) is 8.74. The Labute approximate surface area is 193 Å². The summed E-state index contributed by atoms with van der Waals surface area (Å²) in [5, 5.41) is 1.59. The molecule has 3 N–H and O–H groups in total. The normalized spacial score (nSPS) is 12.3. The highest BCUT2D eigenvalue weighted by Crippen LogP contribution is 2.48. The second-order valence-corrected chi connectivity index (χ2v) is 10.0. The van der Waals surface area contributed by atoms with Crippen molar-refractivity contribution >= 4 is 29.6 Å². The Hall–Kier alpha value is -2.77. The Balaban J connectivity index is 1.62. The second kappa shape index (κ2) is 9.61. The van der Waals surface area contributed by atoms with Gasteiger partial charge >= 0.3 is 7.82 Å². The van der Waals surface area contributed by atoms with Crippen molar-refractivity contribution in [3.63, 3.8) is 0 Å². The summed E-state index contributed by atoms with van der Waals surface area (Å²) in [5.41, 5.74) is 3.74. The first-order chi connectivity index (χ1) is 15.7. The fraction of sp³-hybridized carbons (Fsp3) is 0.333. The molecule has 8 nitrogen and oxygen atoms in total. The highest BCUT2D eigenvalue weighted by molar-refractivity contribution is 7.48. The van der Waals surface area contributed by atoms with E-state index in [4.69, 9.17) is 9.05 Å². The molecule has 4 aromatic rings. The first-order valence-electron chi connectivity index (χ1n) is 10.9. The van der Waals surface area contributed by atoms with E-state index in [-0.39, 0.29) is 0 Å². The molecule has 9 heteroatoms. The van der Waals surface area contributed by atoms with E-state index in [0.717, 1.165) is 58.9 Å². The van der Waals surface area contributed by atoms with Crippen LogP contribution in [0.3, 0.4) is 0 Å². The van der Waals surface area contributed by atoms with Crippen molar-refractivity contribution in [2.24, 2.45) is 0 Å². The number of rotatable bonds is 10. The number of fused-ring (bicyclic) bond motifs is 2. The van der Waals surface area contributed by atoms with E-state index in [9.17, 15) is 9.46 Å². The van der Waals surface area contributed by atoms with Crippen LogP contribution in [0.25, 0.3) is 21.8 Å². The van der Waals surface area contributed by atoms with Crippen LogP contribution in [0.1, 0.15) is 11.1 Å². The fourth-order valence-corrected chi connectivity index (χ4v) is 4.78. The van der Waals surface area contributed by atoms with Crippen LogP contribution in [0.5, 0.6) is 11.5 Å². The number of hydrogen-bond acceptors (Lipinski definition) is 5. The Morgan fingerprint density at radius 3 is 1.61 bits per heavy atom. The average molecular weight is 471 g/mol. The molecule has 176 valence electrons. The third-order valence-corrected chi connectivity index (χ3v) is 6.44. The van der Waals surface area contributed by atoms with Crippen LogP contribution in [0.15, 0.2) is 48.8 Å². The quantitative estimate of drug-likeness (QED) is 0.297. The predicted octanol–water partition coefficient (Wildman–Crippen LogP) is 4.42. The molecule has 2 heterocycles. The number of H-pyrrole nitrogens is 2. The Morgan fingerprint density at radius 1 is 0.788 bits per heavy atom. The molecule has 2 aromatic carbocycles. The van der Waals surface area contributed by atoms with Crippen molar-refractivity contribution in [1.82, 2.24) is 19.8 Å². The zero-order valence-corrected chi connectivity index (χ0v) is 20.4. The molecule has 0 aliphatic carbocycles. The molecule has 0 aliphatic heterocycles. The monoisotopic (exact) mass is 470 g/mol. The van der Waals surface area contributed by atoms with Crippen molar-refractivity contribution in [2.75, 3.05) is 41.3 Å². The molecule has 0 aliphatic rings. The summed E-state index contributed by atoms with van der Waals surface area (Å²) in [5.74, 6) is 0.643. The van der Waals surface area contributed by atoms with E-state index in [1.807, 2.05) is 52.7 Å². The van der Waals surface area contributed by atoms with Gasteiger partial charge in [-0.15, -0.1) is 0 Å². The summed E-state index contributed by atoms with van der Waals surface area (Å²) in [6.45, 7) is 1.69. The largest absolute Gasteiger partial charge is 0.584 e. The van der Waals surface area contributed by atoms with Gasteiger partial charge in [-0.1, -0.05) is 12.1 Å². The highest BCUT2D eigenvalue weighted by atomic mass is 31.2. The summed E-state index contributed by atoms with van der Waals surface area (Å²) in [6.07, 6.45) is 5.40. The lowest BCUT2D eigenvalue weighted by Gasteiger charge is -2.17. The van der Waals surface area contributed by atoms with Crippen molar-refractivity contribution in [1.29, 1.82) is 0 Å². The number of aromatic amines is 2. The van der Waals surface area contributed by atoms with Crippen molar-refractivity contribution in [3.8, 4) is 11.5 Å². The van der Waals surface area contributed by atoms with Crippen LogP contribution >= 0.6 is 7.82 Å². The lowest BCUT2D eigenvalue weighted by Crippen LogP contribution is -2.15. The molecule has 0 atom stereocenters. The molecule has 0 saturated carbocycles. The SMILES string of the molecule is CN(C)CCc1c[nH]c2cccc(OP(=O)(O)Oc3cccc4[nH]cc(CCN(C)C)c34)c12. The molecule has 0 fully saturated rings. The first-order valence-corrected chi connectivity index (χ1v) is 12.4. The molecule has 4 rings (SSSR count). The molecule has 33 heavy (non-hydrogen) atoms. The standard InChI is InChI=1S/C24H31N4O4P/c1-27(2)13-11-17-15-25-19-7-5-9-21(23(17)19)31-33(29,30)32-22-10-6-8-20-24(22)18(16-26-20)12-14-28(3)4/h5-10,15-16,25-26H,11-14H2,1-4H3,(H,29,30). The van der Waals surface area contributed by atoms with Gasteiger partial charge in [0.05, 0.1) is 0 Å². The van der Waals surface area contributed by atoms with Gasteiger partial charge < -0.3 is 28.8 Å². The van der Waals surface area contributed by atoms with E-state index < -0.39 is 7.82 Å². The Kier molecular flexibility index (Phi) is 6.81. The minimum absolute atomic E-state index is 0.322. The summed E-state index contributed by atoms with van der Waals surface area (Å²) in [7, 11) is 3.58. The highest BCUT2D eigenvalue weighted by Gasteiger charge is 2.28. The molecule has 0 unspecified atom stereocenters. The van der Waals surface area contributed by atoms with Crippen molar-refractivity contribution < 1.29 is 18.5 Å². The predicted molar refractivity (Wildman–Crippen MR) is 132 cm³/mol. The number of nitrogens with zero attached hydrogens (tertiary/aromatic N) is 2. The minimum atomic E-state index is -4.46. The van der Waals surface area contributed by atoms with Gasteiger partial charge in [-0.3, -0.25) is 4.89 Å². The number of hydrogen-bond donors (Lipinski definition) is 3. The number of benzene rings is 2. The smallest absolute Gasteiger partial charge is 0.394 e. The number of nitrogens with one attached hydrogen (secondary N) is 2. The van der Waals surface area contributed by atoms with Gasteiger partial charge in [0.25, 0.3) is 0 Å². The van der Waals surface area contributed by atoms with Gasteiger partial charge in [0.15, 0.2) is 0 Å². The third kappa shape index (κ3) is 5.42. The van der Waals surface area contributed by atoms with E-state index >= 15 is 0 Å². The van der Waals surface area contributed by atoms with Crippen LogP contribution in [-0.4, -0.2) is 65.9 Å².